The molecule has 3 rings (SSSR count). The standard InChI is InChI=1S/C23H39N.C8H10/c1-17(2)20-11-10-12-21(18(3)4)22(20)15-19(5)24-16-23(6)13-8-7-9-14-23;1-2-8-6-4-3-5-7-8/h11,17-18,24H,5,7-10,12-16H2,1-4,6H3;3-7H,2H2,1H3. The van der Waals surface area contributed by atoms with Crippen LogP contribution in [-0.4, -0.2) is 6.54 Å². The monoisotopic (exact) mass is 435 g/mol. The highest BCUT2D eigenvalue weighted by molar-refractivity contribution is 5.42. The molecule has 2 aliphatic rings. The van der Waals surface area contributed by atoms with Crippen molar-refractivity contribution in [3.05, 3.63) is 71.0 Å². The number of hydrogen-bond donors (Lipinski definition) is 1. The van der Waals surface area contributed by atoms with E-state index >= 15 is 0 Å². The maximum atomic E-state index is 4.38. The summed E-state index contributed by atoms with van der Waals surface area (Å²) in [5, 5.41) is 3.70. The zero-order valence-electron chi connectivity index (χ0n) is 21.9. The maximum Gasteiger partial charge on any atom is 0.0197 e. The van der Waals surface area contributed by atoms with E-state index in [9.17, 15) is 0 Å². The Morgan fingerprint density at radius 1 is 1.00 bits per heavy atom. The van der Waals surface area contributed by atoms with Crippen LogP contribution in [0.15, 0.2) is 65.4 Å². The average Bonchev–Trinajstić information content (AvgIpc) is 2.79. The number of nitrogens with one attached hydrogen (secondary N) is 1. The molecule has 1 N–H and O–H groups in total. The number of hydrogen-bond acceptors (Lipinski definition) is 1. The lowest BCUT2D eigenvalue weighted by Crippen LogP contribution is -2.33. The zero-order chi connectivity index (χ0) is 23.6. The highest BCUT2D eigenvalue weighted by Crippen LogP contribution is 2.38. The van der Waals surface area contributed by atoms with E-state index in [2.05, 4.69) is 83.8 Å². The normalized spacial score (nSPS) is 18.2. The first-order chi connectivity index (χ1) is 15.3. The average molecular weight is 436 g/mol. The van der Waals surface area contributed by atoms with Gasteiger partial charge < -0.3 is 5.32 Å². The third-order valence-electron chi connectivity index (χ3n) is 7.30. The molecule has 0 radical (unpaired) electrons. The Labute approximate surface area is 199 Å². The molecule has 178 valence electrons. The third kappa shape index (κ3) is 8.30. The van der Waals surface area contributed by atoms with E-state index in [1.165, 1.54) is 56.2 Å². The fourth-order valence-electron chi connectivity index (χ4n) is 5.19. The Hall–Kier alpha value is -1.76. The fourth-order valence-corrected chi connectivity index (χ4v) is 5.19. The van der Waals surface area contributed by atoms with Crippen molar-refractivity contribution < 1.29 is 0 Å². The molecule has 0 aromatic heterocycles. The molecule has 0 atom stereocenters. The predicted octanol–water partition coefficient (Wildman–Crippen LogP) is 9.03. The van der Waals surface area contributed by atoms with Gasteiger partial charge in [0.05, 0.1) is 0 Å². The van der Waals surface area contributed by atoms with Gasteiger partial charge in [0.15, 0.2) is 0 Å². The summed E-state index contributed by atoms with van der Waals surface area (Å²) in [6.07, 6.45) is 14.0. The molecule has 0 heterocycles. The Balaban J connectivity index is 0.000000380. The second kappa shape index (κ2) is 13.1. The van der Waals surface area contributed by atoms with Crippen molar-refractivity contribution in [3.8, 4) is 0 Å². The largest absolute Gasteiger partial charge is 0.388 e. The Bertz CT molecular complexity index is 757. The summed E-state index contributed by atoms with van der Waals surface area (Å²) in [6, 6.07) is 10.5. The van der Waals surface area contributed by atoms with Crippen LogP contribution in [0.4, 0.5) is 0 Å². The summed E-state index contributed by atoms with van der Waals surface area (Å²) in [5.41, 5.74) is 7.90. The summed E-state index contributed by atoms with van der Waals surface area (Å²) in [7, 11) is 0. The van der Waals surface area contributed by atoms with Crippen LogP contribution in [0.1, 0.15) is 98.5 Å². The van der Waals surface area contributed by atoms with E-state index in [0.29, 0.717) is 17.3 Å². The van der Waals surface area contributed by atoms with Gasteiger partial charge in [-0.2, -0.15) is 0 Å². The first-order valence-corrected chi connectivity index (χ1v) is 13.1. The molecule has 2 aliphatic carbocycles. The minimum atomic E-state index is 0.472. The van der Waals surface area contributed by atoms with Crippen molar-refractivity contribution in [1.82, 2.24) is 5.32 Å². The van der Waals surface area contributed by atoms with Crippen molar-refractivity contribution in [2.75, 3.05) is 6.54 Å². The lowest BCUT2D eigenvalue weighted by molar-refractivity contribution is 0.213. The first kappa shape index (κ1) is 26.5. The topological polar surface area (TPSA) is 12.0 Å². The third-order valence-corrected chi connectivity index (χ3v) is 7.30. The second-order valence-corrected chi connectivity index (χ2v) is 10.9. The van der Waals surface area contributed by atoms with Crippen LogP contribution >= 0.6 is 0 Å². The van der Waals surface area contributed by atoms with Crippen LogP contribution in [0.2, 0.25) is 0 Å². The molecule has 1 aromatic rings. The molecule has 1 saturated carbocycles. The van der Waals surface area contributed by atoms with Crippen LogP contribution in [0.25, 0.3) is 0 Å². The minimum Gasteiger partial charge on any atom is -0.388 e. The lowest BCUT2D eigenvalue weighted by Gasteiger charge is -2.35. The molecule has 32 heavy (non-hydrogen) atoms. The Morgan fingerprint density at radius 3 is 2.19 bits per heavy atom. The molecule has 1 fully saturated rings. The molecular formula is C31H49N. The molecule has 0 spiro atoms. The Morgan fingerprint density at radius 2 is 1.66 bits per heavy atom. The number of rotatable bonds is 8. The summed E-state index contributed by atoms with van der Waals surface area (Å²) in [5.74, 6) is 1.25. The molecule has 1 aromatic carbocycles. The first-order valence-electron chi connectivity index (χ1n) is 13.1. The fraction of sp³-hybridized carbons (Fsp3) is 0.613. The van der Waals surface area contributed by atoms with Crippen LogP contribution in [0.5, 0.6) is 0 Å². The number of allylic oxidation sites excluding steroid dienone is 4. The molecule has 0 saturated heterocycles. The van der Waals surface area contributed by atoms with Crippen molar-refractivity contribution in [2.45, 2.75) is 99.3 Å². The maximum absolute atomic E-state index is 4.38. The summed E-state index contributed by atoms with van der Waals surface area (Å²) in [6.45, 7) is 19.4. The van der Waals surface area contributed by atoms with E-state index in [1.807, 2.05) is 6.07 Å². The van der Waals surface area contributed by atoms with Crippen LogP contribution in [-0.2, 0) is 6.42 Å². The zero-order valence-corrected chi connectivity index (χ0v) is 21.9. The lowest BCUT2D eigenvalue weighted by atomic mass is 9.75. The van der Waals surface area contributed by atoms with Gasteiger partial charge in [-0.25, -0.2) is 0 Å². The van der Waals surface area contributed by atoms with Crippen molar-refractivity contribution in [2.24, 2.45) is 17.3 Å². The van der Waals surface area contributed by atoms with Gasteiger partial charge in [-0.15, -0.1) is 0 Å². The van der Waals surface area contributed by atoms with E-state index in [0.717, 1.165) is 19.4 Å². The molecule has 0 unspecified atom stereocenters. The minimum absolute atomic E-state index is 0.472. The second-order valence-electron chi connectivity index (χ2n) is 10.9. The van der Waals surface area contributed by atoms with E-state index < -0.39 is 0 Å². The predicted molar refractivity (Wildman–Crippen MR) is 143 cm³/mol. The van der Waals surface area contributed by atoms with Crippen molar-refractivity contribution in [3.63, 3.8) is 0 Å². The van der Waals surface area contributed by atoms with Gasteiger partial charge in [0, 0.05) is 18.7 Å². The molecular weight excluding hydrogens is 386 g/mol. The molecule has 0 aliphatic heterocycles. The smallest absolute Gasteiger partial charge is 0.0197 e. The van der Waals surface area contributed by atoms with Gasteiger partial charge in [-0.1, -0.05) is 109 Å². The number of aryl methyl sites for hydroxylation is 1. The van der Waals surface area contributed by atoms with Crippen LogP contribution in [0, 0.1) is 17.3 Å². The van der Waals surface area contributed by atoms with E-state index in [1.54, 1.807) is 16.7 Å². The summed E-state index contributed by atoms with van der Waals surface area (Å²) < 4.78 is 0. The van der Waals surface area contributed by atoms with Gasteiger partial charge in [-0.3, -0.25) is 0 Å². The van der Waals surface area contributed by atoms with Gasteiger partial charge >= 0.3 is 0 Å². The van der Waals surface area contributed by atoms with Gasteiger partial charge in [-0.05, 0) is 66.1 Å². The summed E-state index contributed by atoms with van der Waals surface area (Å²) in [4.78, 5) is 0. The van der Waals surface area contributed by atoms with Crippen LogP contribution < -0.4 is 5.32 Å². The van der Waals surface area contributed by atoms with Crippen molar-refractivity contribution in [1.29, 1.82) is 0 Å². The highest BCUT2D eigenvalue weighted by Gasteiger charge is 2.27. The van der Waals surface area contributed by atoms with E-state index in [4.69, 9.17) is 0 Å². The van der Waals surface area contributed by atoms with E-state index in [-0.39, 0.29) is 0 Å². The van der Waals surface area contributed by atoms with Crippen molar-refractivity contribution >= 4 is 0 Å². The SMILES string of the molecule is C=C(CC1=C(C(C)C)CCC=C1C(C)C)NCC1(C)CCCCC1.CCc1ccccc1. The Kier molecular flexibility index (Phi) is 10.8. The van der Waals surface area contributed by atoms with Gasteiger partial charge in [0.25, 0.3) is 0 Å². The quantitative estimate of drug-likeness (QED) is 0.429. The molecule has 1 nitrogen and oxygen atoms in total. The van der Waals surface area contributed by atoms with Gasteiger partial charge in [0.2, 0.25) is 0 Å². The molecule has 0 bridgehead atoms. The molecule has 1 heteroatoms. The van der Waals surface area contributed by atoms with Crippen LogP contribution in [0.3, 0.4) is 0 Å². The summed E-state index contributed by atoms with van der Waals surface area (Å²) >= 11 is 0. The highest BCUT2D eigenvalue weighted by atomic mass is 14.9. The molecule has 0 amide bonds. The van der Waals surface area contributed by atoms with Gasteiger partial charge in [0.1, 0.15) is 0 Å². The number of benzene rings is 1.